The number of fused-ring (bicyclic) bond motifs is 1. The van der Waals surface area contributed by atoms with Gasteiger partial charge in [-0.15, -0.1) is 11.8 Å². The SMILES string of the molecule is CCCCP(CCCC)(CCCC)=C(C(=O)OCc1ccc(OC)cc1)N1C(=O)[C@@H](NC(=O)COc2ccccc2)[C@H]1SCC(=O)C1Cc2ccccc2O1. The molecule has 1 fully saturated rings. The molecule has 1 N–H and O–H groups in total. The van der Waals surface area contributed by atoms with Gasteiger partial charge in [-0.2, -0.15) is 0 Å². The predicted octanol–water partition coefficient (Wildman–Crippen LogP) is 7.32. The van der Waals surface area contributed by atoms with Crippen molar-refractivity contribution in [3.8, 4) is 17.2 Å². The number of likely N-dealkylation sites (tertiary alicyclic amines) is 1. The first-order chi connectivity index (χ1) is 26.7. The fourth-order valence-electron chi connectivity index (χ4n) is 6.99. The van der Waals surface area contributed by atoms with E-state index in [1.165, 1.54) is 11.8 Å². The Bertz CT molecular complexity index is 1760. The molecule has 3 atom stereocenters. The number of methoxy groups -OCH3 is 1. The lowest BCUT2D eigenvalue weighted by Gasteiger charge is -2.49. The van der Waals surface area contributed by atoms with Crippen molar-refractivity contribution in [3.05, 3.63) is 90.0 Å². The van der Waals surface area contributed by atoms with E-state index in [4.69, 9.17) is 18.9 Å². The number of rotatable bonds is 22. The Morgan fingerprint density at radius 1 is 0.855 bits per heavy atom. The van der Waals surface area contributed by atoms with E-state index < -0.39 is 36.3 Å². The minimum atomic E-state index is -2.30. The Labute approximate surface area is 330 Å². The van der Waals surface area contributed by atoms with Crippen LogP contribution in [0.2, 0.25) is 0 Å². The second-order valence-electron chi connectivity index (χ2n) is 14.1. The molecule has 2 heterocycles. The molecule has 2 aliphatic rings. The number of β-lactam (4-membered cyclic amide) rings is 1. The summed E-state index contributed by atoms with van der Waals surface area (Å²) in [5.74, 6) is 0.464. The lowest BCUT2D eigenvalue weighted by Crippen LogP contribution is -2.72. The van der Waals surface area contributed by atoms with Gasteiger partial charge in [-0.1, -0.05) is 95.5 Å². The predicted molar refractivity (Wildman–Crippen MR) is 221 cm³/mol. The van der Waals surface area contributed by atoms with Gasteiger partial charge in [-0.05, 0) is 79.2 Å². The molecule has 0 aliphatic carbocycles. The first-order valence-corrected chi connectivity index (χ1v) is 22.9. The summed E-state index contributed by atoms with van der Waals surface area (Å²) in [5, 5.41) is 2.17. The summed E-state index contributed by atoms with van der Waals surface area (Å²) < 4.78 is 23.1. The maximum absolute atomic E-state index is 14.7. The van der Waals surface area contributed by atoms with Gasteiger partial charge in [0.15, 0.2) is 18.5 Å². The number of amides is 2. The van der Waals surface area contributed by atoms with Crippen molar-refractivity contribution in [1.82, 2.24) is 10.2 Å². The van der Waals surface area contributed by atoms with E-state index in [2.05, 4.69) is 26.1 Å². The minimum Gasteiger partial charge on any atom is -0.497 e. The van der Waals surface area contributed by atoms with Crippen LogP contribution in [0.4, 0.5) is 0 Å². The molecule has 55 heavy (non-hydrogen) atoms. The number of para-hydroxylation sites is 2. The first-order valence-electron chi connectivity index (χ1n) is 19.5. The zero-order valence-electron chi connectivity index (χ0n) is 32.5. The molecule has 12 heteroatoms. The highest BCUT2D eigenvalue weighted by Gasteiger charge is 2.54. The minimum absolute atomic E-state index is 0.0244. The van der Waals surface area contributed by atoms with Crippen LogP contribution in [0.1, 0.15) is 70.4 Å². The molecule has 1 saturated heterocycles. The monoisotopic (exact) mass is 790 g/mol. The standard InChI is InChI=1S/C43H55N2O8PS/c1-5-8-24-54(25-9-6-2,26-10-7-3)41(43(49)52-28-31-20-22-33(50-4)23-21-31)45-40(48)39(44-38(47)29-51-34-17-12-11-13-18-34)42(45)55-30-35(46)37-27-32-16-14-15-19-36(32)53-37/h11-23,37,39,42H,5-10,24-30H2,1-4H3,(H,44,47)/t37?,39-,42-/m1/s1. The summed E-state index contributed by atoms with van der Waals surface area (Å²) in [6.45, 7) is 3.86. The summed E-state index contributed by atoms with van der Waals surface area (Å²) in [4.78, 5) is 57.8. The second kappa shape index (κ2) is 20.6. The summed E-state index contributed by atoms with van der Waals surface area (Å²) in [6.07, 6.45) is 7.81. The molecule has 296 valence electrons. The van der Waals surface area contributed by atoms with Crippen LogP contribution >= 0.6 is 18.6 Å². The van der Waals surface area contributed by atoms with Crippen molar-refractivity contribution in [1.29, 1.82) is 0 Å². The number of nitrogens with one attached hydrogen (secondary N) is 1. The Morgan fingerprint density at radius 2 is 1.49 bits per heavy atom. The average molecular weight is 791 g/mol. The van der Waals surface area contributed by atoms with Gasteiger partial charge in [-0.3, -0.25) is 19.3 Å². The highest BCUT2D eigenvalue weighted by Crippen LogP contribution is 2.54. The molecule has 0 bridgehead atoms. The van der Waals surface area contributed by atoms with Crippen molar-refractivity contribution in [2.24, 2.45) is 0 Å². The quantitative estimate of drug-likeness (QED) is 0.0634. The van der Waals surface area contributed by atoms with Crippen LogP contribution in [-0.2, 0) is 36.9 Å². The summed E-state index contributed by atoms with van der Waals surface area (Å²) in [6, 6.07) is 23.0. The molecule has 1 unspecified atom stereocenters. The summed E-state index contributed by atoms with van der Waals surface area (Å²) in [5.41, 5.74) is 2.20. The van der Waals surface area contributed by atoms with Crippen LogP contribution < -0.4 is 19.5 Å². The van der Waals surface area contributed by atoms with Crippen molar-refractivity contribution in [3.63, 3.8) is 0 Å². The Balaban J connectivity index is 1.49. The summed E-state index contributed by atoms with van der Waals surface area (Å²) >= 11 is 1.26. The van der Waals surface area contributed by atoms with Crippen LogP contribution in [-0.4, -0.2) is 89.4 Å². The number of ether oxygens (including phenoxy) is 4. The van der Waals surface area contributed by atoms with Gasteiger partial charge in [0.2, 0.25) is 0 Å². The van der Waals surface area contributed by atoms with Crippen molar-refractivity contribution < 1.29 is 38.1 Å². The van der Waals surface area contributed by atoms with E-state index in [0.717, 1.165) is 68.1 Å². The van der Waals surface area contributed by atoms with Gasteiger partial charge >= 0.3 is 5.97 Å². The topological polar surface area (TPSA) is 120 Å². The van der Waals surface area contributed by atoms with E-state index in [-0.39, 0.29) is 30.7 Å². The van der Waals surface area contributed by atoms with Crippen LogP contribution in [0, 0.1) is 0 Å². The van der Waals surface area contributed by atoms with Crippen molar-refractivity contribution in [2.75, 3.05) is 38.0 Å². The fourth-order valence-corrected chi connectivity index (χ4v) is 13.5. The Kier molecular flexibility index (Phi) is 15.7. The molecule has 2 amide bonds. The maximum atomic E-state index is 14.7. The number of unbranched alkanes of at least 4 members (excludes halogenated alkanes) is 3. The third kappa shape index (κ3) is 10.8. The molecule has 5 rings (SSSR count). The Hall–Kier alpha value is -4.21. The molecule has 2 aliphatic heterocycles. The largest absolute Gasteiger partial charge is 0.497 e. The average Bonchev–Trinajstić information content (AvgIpc) is 3.66. The number of Topliss-reactive ketones (excluding diaryl/α,β-unsaturated/α-hetero) is 1. The third-order valence-electron chi connectivity index (χ3n) is 10.1. The normalized spacial score (nSPS) is 17.4. The van der Waals surface area contributed by atoms with E-state index in [9.17, 15) is 19.2 Å². The fraction of sp³-hybridized carbons (Fsp3) is 0.465. The Morgan fingerprint density at radius 3 is 2.11 bits per heavy atom. The molecular weight excluding hydrogens is 736 g/mol. The smallest absolute Gasteiger partial charge is 0.355 e. The molecule has 0 saturated carbocycles. The maximum Gasteiger partial charge on any atom is 0.355 e. The zero-order valence-corrected chi connectivity index (χ0v) is 34.2. The molecule has 0 aromatic heterocycles. The molecule has 3 aromatic rings. The number of benzene rings is 3. The van der Waals surface area contributed by atoms with Crippen molar-refractivity contribution >= 4 is 47.6 Å². The number of esters is 1. The summed E-state index contributed by atoms with van der Waals surface area (Å²) in [7, 11) is 1.60. The third-order valence-corrected chi connectivity index (χ3v) is 16.2. The second-order valence-corrected chi connectivity index (χ2v) is 19.2. The van der Waals surface area contributed by atoms with Gasteiger partial charge in [0.05, 0.1) is 12.9 Å². The number of ketones is 1. The van der Waals surface area contributed by atoms with Crippen LogP contribution in [0.25, 0.3) is 0 Å². The first kappa shape index (κ1) is 41.9. The number of hydrogen-bond acceptors (Lipinski definition) is 9. The number of thioether (sulfide) groups is 1. The highest BCUT2D eigenvalue weighted by molar-refractivity contribution is 8.00. The number of carbonyl (C=O) groups is 4. The van der Waals surface area contributed by atoms with E-state index in [1.54, 1.807) is 24.1 Å². The van der Waals surface area contributed by atoms with Gasteiger partial charge in [0.1, 0.15) is 40.7 Å². The van der Waals surface area contributed by atoms with E-state index in [0.29, 0.717) is 29.1 Å². The molecule has 10 nitrogen and oxygen atoms in total. The number of hydrogen-bond donors (Lipinski definition) is 1. The number of carbonyl (C=O) groups excluding carboxylic acids is 4. The zero-order chi connectivity index (χ0) is 39.2. The molecular formula is C43H55N2O8PS. The van der Waals surface area contributed by atoms with Crippen molar-refractivity contribution in [2.45, 2.75) is 89.8 Å². The van der Waals surface area contributed by atoms with Crippen LogP contribution in [0.3, 0.4) is 0 Å². The molecule has 0 spiro atoms. The van der Waals surface area contributed by atoms with Gasteiger partial charge < -0.3 is 24.3 Å². The van der Waals surface area contributed by atoms with E-state index in [1.807, 2.05) is 66.7 Å². The lowest BCUT2D eigenvalue weighted by molar-refractivity contribution is -0.146. The van der Waals surface area contributed by atoms with Crippen LogP contribution in [0.5, 0.6) is 17.2 Å². The molecule has 0 radical (unpaired) electrons. The lowest BCUT2D eigenvalue weighted by atomic mass is 10.1. The van der Waals surface area contributed by atoms with Crippen LogP contribution in [0.15, 0.2) is 78.9 Å². The van der Waals surface area contributed by atoms with Gasteiger partial charge in [0, 0.05) is 6.42 Å². The molecule has 3 aromatic carbocycles. The van der Waals surface area contributed by atoms with E-state index >= 15 is 0 Å². The van der Waals surface area contributed by atoms with Gasteiger partial charge in [-0.25, -0.2) is 4.79 Å². The number of nitrogens with zero attached hydrogens (tertiary/aromatic N) is 1. The highest BCUT2D eigenvalue weighted by atomic mass is 32.2. The van der Waals surface area contributed by atoms with Gasteiger partial charge in [0.25, 0.3) is 11.8 Å².